The fraction of sp³-hybridized carbons (Fsp3) is 0.762. The minimum atomic E-state index is -1.31. The molecule has 0 saturated carbocycles. The molecule has 0 fully saturated rings. The highest BCUT2D eigenvalue weighted by Gasteiger charge is 2.21. The summed E-state index contributed by atoms with van der Waals surface area (Å²) in [6, 6.07) is -1.64. The van der Waals surface area contributed by atoms with E-state index in [1.54, 1.807) is 27.7 Å². The van der Waals surface area contributed by atoms with Gasteiger partial charge in [0.15, 0.2) is 0 Å². The van der Waals surface area contributed by atoms with Crippen LogP contribution in [0.25, 0.3) is 0 Å². The van der Waals surface area contributed by atoms with Gasteiger partial charge in [-0.3, -0.25) is 14.4 Å². The predicted octanol–water partition coefficient (Wildman–Crippen LogP) is 0.263. The molecule has 3 amide bonds. The first-order valence-electron chi connectivity index (χ1n) is 11.0. The Hall–Kier alpha value is -2.93. The van der Waals surface area contributed by atoms with Gasteiger partial charge in [0.2, 0.25) is 11.8 Å². The third kappa shape index (κ3) is 18.6. The van der Waals surface area contributed by atoms with E-state index in [9.17, 15) is 24.0 Å². The second-order valence-corrected chi connectivity index (χ2v) is 8.49. The van der Waals surface area contributed by atoms with Crippen LogP contribution in [0.1, 0.15) is 53.4 Å². The number of amides is 3. The molecule has 196 valence electrons. The van der Waals surface area contributed by atoms with Gasteiger partial charge in [0.05, 0.1) is 19.8 Å². The van der Waals surface area contributed by atoms with Crippen LogP contribution in [0.3, 0.4) is 0 Å². The zero-order chi connectivity index (χ0) is 26.1. The molecule has 2 unspecified atom stereocenters. The Bertz CT molecular complexity index is 678. The van der Waals surface area contributed by atoms with Crippen LogP contribution in [-0.4, -0.2) is 90.7 Å². The molecule has 0 aliphatic carbocycles. The molecule has 0 bridgehead atoms. The summed E-state index contributed by atoms with van der Waals surface area (Å²) in [5.74, 6) is -3.39. The van der Waals surface area contributed by atoms with E-state index >= 15 is 0 Å². The summed E-state index contributed by atoms with van der Waals surface area (Å²) in [6.07, 6.45) is -0.904. The number of nitrogens with one attached hydrogen (secondary N) is 3. The highest BCUT2D eigenvalue weighted by molar-refractivity contribution is 5.84. The molecule has 34 heavy (non-hydrogen) atoms. The molecule has 0 aromatic rings. The van der Waals surface area contributed by atoms with Crippen LogP contribution in [0, 0.1) is 0 Å². The van der Waals surface area contributed by atoms with E-state index in [1.807, 2.05) is 0 Å². The Morgan fingerprint density at radius 2 is 1.50 bits per heavy atom. The Balaban J connectivity index is 3.87. The zero-order valence-electron chi connectivity index (χ0n) is 20.2. The first-order valence-corrected chi connectivity index (χ1v) is 11.0. The number of alkyl carbamates (subject to hydrolysis) is 1. The van der Waals surface area contributed by atoms with Gasteiger partial charge in [-0.2, -0.15) is 0 Å². The van der Waals surface area contributed by atoms with E-state index in [2.05, 4.69) is 16.0 Å². The minimum Gasteiger partial charge on any atom is -0.481 e. The van der Waals surface area contributed by atoms with Crippen molar-refractivity contribution in [1.29, 1.82) is 0 Å². The summed E-state index contributed by atoms with van der Waals surface area (Å²) in [4.78, 5) is 56.9. The van der Waals surface area contributed by atoms with Gasteiger partial charge >= 0.3 is 18.0 Å². The van der Waals surface area contributed by atoms with Crippen LogP contribution in [-0.2, 0) is 33.4 Å². The van der Waals surface area contributed by atoms with E-state index in [4.69, 9.17) is 24.4 Å². The molecule has 0 aromatic heterocycles. The molecule has 0 heterocycles. The summed E-state index contributed by atoms with van der Waals surface area (Å²) in [6.45, 7) is 7.70. The lowest BCUT2D eigenvalue weighted by Gasteiger charge is -2.19. The van der Waals surface area contributed by atoms with Crippen LogP contribution in [0.15, 0.2) is 0 Å². The van der Waals surface area contributed by atoms with E-state index < -0.39 is 35.6 Å². The molecule has 0 rings (SSSR count). The van der Waals surface area contributed by atoms with Crippen LogP contribution in [0.4, 0.5) is 4.79 Å². The number of carboxylic acids is 2. The van der Waals surface area contributed by atoms with E-state index in [0.29, 0.717) is 0 Å². The summed E-state index contributed by atoms with van der Waals surface area (Å²) >= 11 is 0. The highest BCUT2D eigenvalue weighted by Crippen LogP contribution is 2.06. The third-order valence-electron chi connectivity index (χ3n) is 4.01. The molecule has 5 N–H and O–H groups in total. The van der Waals surface area contributed by atoms with Crippen molar-refractivity contribution in [2.45, 2.75) is 71.1 Å². The van der Waals surface area contributed by atoms with Gasteiger partial charge < -0.3 is 40.4 Å². The summed E-state index contributed by atoms with van der Waals surface area (Å²) in [5, 5.41) is 25.2. The molecule has 0 spiro atoms. The van der Waals surface area contributed by atoms with Gasteiger partial charge in [0.25, 0.3) is 0 Å². The van der Waals surface area contributed by atoms with Gasteiger partial charge in [-0.15, -0.1) is 0 Å². The number of carbonyl (C=O) groups is 5. The standard InChI is InChI=1S/C21H37N3O10/c1-14(5-7-16(25)24-15(19(29)30)6-8-18(27)28)23-17(26)13-33-12-11-32-10-9-22-20(31)34-21(2,3)4/h14-15H,5-13H2,1-4H3,(H,22,31)(H,23,26)(H,24,25)(H,27,28)(H,29,30). The largest absolute Gasteiger partial charge is 0.481 e. The lowest BCUT2D eigenvalue weighted by Crippen LogP contribution is -2.42. The molecule has 2 atom stereocenters. The molecular weight excluding hydrogens is 454 g/mol. The fourth-order valence-corrected chi connectivity index (χ4v) is 2.45. The Morgan fingerprint density at radius 1 is 0.853 bits per heavy atom. The summed E-state index contributed by atoms with van der Waals surface area (Å²) < 4.78 is 15.5. The van der Waals surface area contributed by atoms with E-state index in [1.165, 1.54) is 0 Å². The van der Waals surface area contributed by atoms with Crippen molar-refractivity contribution in [3.05, 3.63) is 0 Å². The number of carboxylic acid groups (broad SMARTS) is 2. The maximum absolute atomic E-state index is 11.9. The third-order valence-corrected chi connectivity index (χ3v) is 4.01. The Kier molecular flexibility index (Phi) is 15.2. The van der Waals surface area contributed by atoms with Crippen molar-refractivity contribution in [3.8, 4) is 0 Å². The predicted molar refractivity (Wildman–Crippen MR) is 119 cm³/mol. The van der Waals surface area contributed by atoms with Gasteiger partial charge in [-0.25, -0.2) is 9.59 Å². The van der Waals surface area contributed by atoms with Gasteiger partial charge in [0, 0.05) is 25.4 Å². The average Bonchev–Trinajstić information content (AvgIpc) is 2.69. The number of ether oxygens (including phenoxy) is 3. The number of hydrogen-bond donors (Lipinski definition) is 5. The molecule has 13 heteroatoms. The molecule has 0 aliphatic heterocycles. The lowest BCUT2D eigenvalue weighted by atomic mass is 10.1. The molecule has 0 saturated heterocycles. The van der Waals surface area contributed by atoms with Crippen LogP contribution in [0.2, 0.25) is 0 Å². The Morgan fingerprint density at radius 3 is 2.09 bits per heavy atom. The summed E-state index contributed by atoms with van der Waals surface area (Å²) in [5.41, 5.74) is -0.573. The number of hydrogen-bond acceptors (Lipinski definition) is 8. The van der Waals surface area contributed by atoms with Crippen LogP contribution in [0.5, 0.6) is 0 Å². The monoisotopic (exact) mass is 491 g/mol. The van der Waals surface area contributed by atoms with Crippen molar-refractivity contribution >= 4 is 29.8 Å². The van der Waals surface area contributed by atoms with Gasteiger partial charge in [-0.05, 0) is 40.5 Å². The molecule has 0 radical (unpaired) electrons. The molecule has 0 aliphatic rings. The smallest absolute Gasteiger partial charge is 0.407 e. The Labute approximate surface area is 198 Å². The first-order chi connectivity index (χ1) is 15.8. The number of carbonyl (C=O) groups excluding carboxylic acids is 3. The fourth-order valence-electron chi connectivity index (χ4n) is 2.45. The van der Waals surface area contributed by atoms with Crippen molar-refractivity contribution < 1.29 is 48.4 Å². The highest BCUT2D eigenvalue weighted by atomic mass is 16.6. The average molecular weight is 492 g/mol. The quantitative estimate of drug-likeness (QED) is 0.176. The molecular formula is C21H37N3O10. The van der Waals surface area contributed by atoms with Crippen molar-refractivity contribution in [2.24, 2.45) is 0 Å². The number of aliphatic carboxylic acids is 2. The van der Waals surface area contributed by atoms with Gasteiger partial charge in [0.1, 0.15) is 18.2 Å². The van der Waals surface area contributed by atoms with Crippen LogP contribution < -0.4 is 16.0 Å². The summed E-state index contributed by atoms with van der Waals surface area (Å²) in [7, 11) is 0. The van der Waals surface area contributed by atoms with E-state index in [-0.39, 0.29) is 70.6 Å². The second-order valence-electron chi connectivity index (χ2n) is 8.49. The topological polar surface area (TPSA) is 190 Å². The minimum absolute atomic E-state index is 0.0374. The van der Waals surface area contributed by atoms with E-state index in [0.717, 1.165) is 0 Å². The second kappa shape index (κ2) is 16.6. The number of rotatable bonds is 17. The zero-order valence-corrected chi connectivity index (χ0v) is 20.2. The molecule has 0 aromatic carbocycles. The molecule has 13 nitrogen and oxygen atoms in total. The van der Waals surface area contributed by atoms with Crippen molar-refractivity contribution in [3.63, 3.8) is 0 Å². The maximum Gasteiger partial charge on any atom is 0.407 e. The lowest BCUT2D eigenvalue weighted by molar-refractivity contribution is -0.143. The SMILES string of the molecule is CC(CCC(=O)NC(CCC(=O)O)C(=O)O)NC(=O)COCCOCCNC(=O)OC(C)(C)C. The van der Waals surface area contributed by atoms with Crippen molar-refractivity contribution in [2.75, 3.05) is 33.0 Å². The first kappa shape index (κ1) is 31.1. The van der Waals surface area contributed by atoms with Crippen LogP contribution >= 0.6 is 0 Å². The van der Waals surface area contributed by atoms with Gasteiger partial charge in [-0.1, -0.05) is 0 Å². The maximum atomic E-state index is 11.9. The van der Waals surface area contributed by atoms with Crippen molar-refractivity contribution in [1.82, 2.24) is 16.0 Å². The normalized spacial score (nSPS) is 12.8.